The zero-order valence-corrected chi connectivity index (χ0v) is 15.9. The Bertz CT molecular complexity index is 801. The molecular formula is C19H19N3O8. The highest BCUT2D eigenvalue weighted by Crippen LogP contribution is 2.14. The van der Waals surface area contributed by atoms with Crippen LogP contribution in [-0.4, -0.2) is 63.7 Å². The van der Waals surface area contributed by atoms with Gasteiger partial charge in [-0.25, -0.2) is 9.59 Å². The van der Waals surface area contributed by atoms with Gasteiger partial charge in [-0.2, -0.15) is 0 Å². The Morgan fingerprint density at radius 1 is 0.733 bits per heavy atom. The van der Waals surface area contributed by atoms with Gasteiger partial charge in [0, 0.05) is 32.2 Å². The SMILES string of the molecule is O=C(CN(CC(=O)ON1C(=O)CCC1=O)Cc1ccccc1)ON1C(=O)CCC1=O. The summed E-state index contributed by atoms with van der Waals surface area (Å²) in [7, 11) is 0. The minimum atomic E-state index is -0.921. The molecule has 2 aliphatic rings. The van der Waals surface area contributed by atoms with Gasteiger partial charge in [-0.05, 0) is 5.56 Å². The van der Waals surface area contributed by atoms with E-state index in [4.69, 9.17) is 9.68 Å². The number of carbonyl (C=O) groups is 6. The molecule has 11 nitrogen and oxygen atoms in total. The van der Waals surface area contributed by atoms with Gasteiger partial charge >= 0.3 is 11.9 Å². The van der Waals surface area contributed by atoms with Crippen LogP contribution < -0.4 is 0 Å². The van der Waals surface area contributed by atoms with Crippen LogP contribution in [0.3, 0.4) is 0 Å². The summed E-state index contributed by atoms with van der Waals surface area (Å²) in [5.41, 5.74) is 0.764. The van der Waals surface area contributed by atoms with E-state index in [0.717, 1.165) is 5.56 Å². The first-order valence-electron chi connectivity index (χ1n) is 9.23. The highest BCUT2D eigenvalue weighted by Gasteiger charge is 2.35. The van der Waals surface area contributed by atoms with Gasteiger partial charge in [0.2, 0.25) is 0 Å². The molecule has 2 saturated heterocycles. The van der Waals surface area contributed by atoms with E-state index < -0.39 is 48.7 Å². The Morgan fingerprint density at radius 3 is 1.53 bits per heavy atom. The highest BCUT2D eigenvalue weighted by molar-refractivity contribution is 6.02. The van der Waals surface area contributed by atoms with Crippen molar-refractivity contribution >= 4 is 35.6 Å². The zero-order valence-electron chi connectivity index (χ0n) is 15.9. The molecule has 2 aliphatic heterocycles. The lowest BCUT2D eigenvalue weighted by molar-refractivity contribution is -0.201. The molecular weight excluding hydrogens is 398 g/mol. The molecule has 2 heterocycles. The Morgan fingerprint density at radius 2 is 1.13 bits per heavy atom. The van der Waals surface area contributed by atoms with Crippen LogP contribution in [0, 0.1) is 0 Å². The summed E-state index contributed by atoms with van der Waals surface area (Å²) in [5, 5.41) is 0.839. The van der Waals surface area contributed by atoms with Crippen molar-refractivity contribution in [3.8, 4) is 0 Å². The summed E-state index contributed by atoms with van der Waals surface area (Å²) < 4.78 is 0. The van der Waals surface area contributed by atoms with Crippen LogP contribution in [0.15, 0.2) is 30.3 Å². The van der Waals surface area contributed by atoms with Gasteiger partial charge < -0.3 is 9.68 Å². The van der Waals surface area contributed by atoms with E-state index in [1.54, 1.807) is 30.3 Å². The molecule has 11 heteroatoms. The predicted octanol–water partition coefficient (Wildman–Crippen LogP) is -0.297. The van der Waals surface area contributed by atoms with Crippen LogP contribution in [0.1, 0.15) is 31.2 Å². The van der Waals surface area contributed by atoms with Crippen LogP contribution in [0.5, 0.6) is 0 Å². The number of imide groups is 2. The molecule has 1 aromatic rings. The Balaban J connectivity index is 1.63. The molecule has 0 aliphatic carbocycles. The molecule has 0 saturated carbocycles. The smallest absolute Gasteiger partial charge is 0.329 e. The zero-order chi connectivity index (χ0) is 21.7. The number of rotatable bonds is 8. The fraction of sp³-hybridized carbons (Fsp3) is 0.368. The molecule has 30 heavy (non-hydrogen) atoms. The van der Waals surface area contributed by atoms with Crippen LogP contribution >= 0.6 is 0 Å². The molecule has 1 aromatic carbocycles. The Kier molecular flexibility index (Phi) is 6.52. The molecule has 0 aromatic heterocycles. The average molecular weight is 417 g/mol. The molecule has 0 N–H and O–H groups in total. The van der Waals surface area contributed by atoms with E-state index in [2.05, 4.69) is 0 Å². The largest absolute Gasteiger partial charge is 0.347 e. The third-order valence-electron chi connectivity index (χ3n) is 4.35. The van der Waals surface area contributed by atoms with E-state index in [1.807, 2.05) is 0 Å². The van der Waals surface area contributed by atoms with Gasteiger partial charge in [0.05, 0.1) is 0 Å². The van der Waals surface area contributed by atoms with Gasteiger partial charge in [-0.15, -0.1) is 10.1 Å². The van der Waals surface area contributed by atoms with Crippen molar-refractivity contribution in [2.45, 2.75) is 32.2 Å². The van der Waals surface area contributed by atoms with Crippen LogP contribution in [-0.2, 0) is 45.0 Å². The van der Waals surface area contributed by atoms with Crippen molar-refractivity contribution in [2.24, 2.45) is 0 Å². The lowest BCUT2D eigenvalue weighted by atomic mass is 10.2. The van der Waals surface area contributed by atoms with Crippen LogP contribution in [0.25, 0.3) is 0 Å². The first kappa shape index (κ1) is 21.1. The first-order valence-corrected chi connectivity index (χ1v) is 9.23. The van der Waals surface area contributed by atoms with E-state index >= 15 is 0 Å². The molecule has 0 atom stereocenters. The topological polar surface area (TPSA) is 131 Å². The summed E-state index contributed by atoms with van der Waals surface area (Å²) >= 11 is 0. The summed E-state index contributed by atoms with van der Waals surface area (Å²) in [6.07, 6.45) is -0.151. The maximum Gasteiger partial charge on any atom is 0.347 e. The van der Waals surface area contributed by atoms with Gasteiger partial charge in [0.15, 0.2) is 0 Å². The minimum Gasteiger partial charge on any atom is -0.329 e. The summed E-state index contributed by atoms with van der Waals surface area (Å²) in [6.45, 7) is -0.749. The van der Waals surface area contributed by atoms with Gasteiger partial charge in [0.25, 0.3) is 23.6 Å². The number of nitrogens with zero attached hydrogens (tertiary/aromatic N) is 3. The predicted molar refractivity (Wildman–Crippen MR) is 96.1 cm³/mol. The van der Waals surface area contributed by atoms with E-state index in [-0.39, 0.29) is 32.2 Å². The normalized spacial score (nSPS) is 16.6. The maximum absolute atomic E-state index is 12.2. The van der Waals surface area contributed by atoms with Gasteiger partial charge in [0.1, 0.15) is 13.1 Å². The van der Waals surface area contributed by atoms with Gasteiger partial charge in [-0.3, -0.25) is 24.1 Å². The molecule has 4 amide bonds. The van der Waals surface area contributed by atoms with E-state index in [1.165, 1.54) is 4.90 Å². The van der Waals surface area contributed by atoms with Crippen molar-refractivity contribution in [3.05, 3.63) is 35.9 Å². The van der Waals surface area contributed by atoms with Crippen molar-refractivity contribution in [2.75, 3.05) is 13.1 Å². The van der Waals surface area contributed by atoms with Crippen LogP contribution in [0.4, 0.5) is 0 Å². The van der Waals surface area contributed by atoms with E-state index in [0.29, 0.717) is 10.1 Å². The number of hydrogen-bond donors (Lipinski definition) is 0. The van der Waals surface area contributed by atoms with Gasteiger partial charge in [-0.1, -0.05) is 30.3 Å². The second-order valence-corrected chi connectivity index (χ2v) is 6.72. The van der Waals surface area contributed by atoms with Crippen molar-refractivity contribution < 1.29 is 38.4 Å². The molecule has 3 rings (SSSR count). The van der Waals surface area contributed by atoms with Crippen molar-refractivity contribution in [1.82, 2.24) is 15.0 Å². The second-order valence-electron chi connectivity index (χ2n) is 6.72. The fourth-order valence-electron chi connectivity index (χ4n) is 2.95. The lowest BCUT2D eigenvalue weighted by Gasteiger charge is -2.22. The number of benzene rings is 1. The quantitative estimate of drug-likeness (QED) is 0.523. The van der Waals surface area contributed by atoms with Crippen LogP contribution in [0.2, 0.25) is 0 Å². The Hall–Kier alpha value is -3.60. The number of amides is 4. The molecule has 158 valence electrons. The molecule has 0 unspecified atom stereocenters. The summed E-state index contributed by atoms with van der Waals surface area (Å²) in [4.78, 5) is 81.9. The third-order valence-corrected chi connectivity index (χ3v) is 4.35. The van der Waals surface area contributed by atoms with Crippen molar-refractivity contribution in [1.29, 1.82) is 0 Å². The maximum atomic E-state index is 12.2. The fourth-order valence-corrected chi connectivity index (χ4v) is 2.95. The highest BCUT2D eigenvalue weighted by atomic mass is 16.7. The monoisotopic (exact) mass is 417 g/mol. The minimum absolute atomic E-state index is 0.0376. The summed E-state index contributed by atoms with van der Waals surface area (Å²) in [5.74, 6) is -4.31. The number of hydroxylamine groups is 4. The van der Waals surface area contributed by atoms with Crippen molar-refractivity contribution in [3.63, 3.8) is 0 Å². The average Bonchev–Trinajstić information content (AvgIpc) is 3.19. The number of carbonyl (C=O) groups excluding carboxylic acids is 6. The second kappa shape index (κ2) is 9.27. The standard InChI is InChI=1S/C19H19N3O8/c23-14-6-7-15(24)21(14)29-18(27)11-20(10-13-4-2-1-3-5-13)12-19(28)30-22-16(25)8-9-17(22)26/h1-5H,6-12H2. The number of hydrogen-bond acceptors (Lipinski definition) is 9. The molecule has 0 spiro atoms. The molecule has 0 bridgehead atoms. The molecule has 2 fully saturated rings. The Labute approximate surface area is 171 Å². The third kappa shape index (κ3) is 5.26. The first-order chi connectivity index (χ1) is 14.3. The molecule has 0 radical (unpaired) electrons. The lowest BCUT2D eigenvalue weighted by Crippen LogP contribution is -2.41. The van der Waals surface area contributed by atoms with E-state index in [9.17, 15) is 28.8 Å². The summed E-state index contributed by atoms with van der Waals surface area (Å²) in [6, 6.07) is 8.88.